The molecule has 1 unspecified atom stereocenters. The van der Waals surface area contributed by atoms with Gasteiger partial charge in [0.15, 0.2) is 0 Å². The monoisotopic (exact) mass is 292 g/mol. The first-order valence-corrected chi connectivity index (χ1v) is 7.76. The average Bonchev–Trinajstić information content (AvgIpc) is 2.93. The van der Waals surface area contributed by atoms with Gasteiger partial charge in [-0.05, 0) is 36.4 Å². The first-order valence-electron chi connectivity index (χ1n) is 6.88. The maximum Gasteiger partial charge on any atom is 0.128 e. The van der Waals surface area contributed by atoms with Crippen molar-refractivity contribution in [3.63, 3.8) is 0 Å². The lowest BCUT2D eigenvalue weighted by molar-refractivity contribution is 0.578. The van der Waals surface area contributed by atoms with Crippen LogP contribution >= 0.6 is 11.3 Å². The third kappa shape index (κ3) is 3.58. The van der Waals surface area contributed by atoms with Crippen molar-refractivity contribution in [2.75, 3.05) is 11.9 Å². The third-order valence-electron chi connectivity index (χ3n) is 3.47. The van der Waals surface area contributed by atoms with Crippen LogP contribution in [-0.4, -0.2) is 13.1 Å². The first-order chi connectivity index (χ1) is 9.61. The van der Waals surface area contributed by atoms with Gasteiger partial charge in [0, 0.05) is 29.2 Å². The fourth-order valence-corrected chi connectivity index (χ4v) is 2.99. The van der Waals surface area contributed by atoms with Gasteiger partial charge in [-0.3, -0.25) is 0 Å². The summed E-state index contributed by atoms with van der Waals surface area (Å²) in [5.41, 5.74) is 7.65. The Balaban J connectivity index is 2.23. The topological polar surface area (TPSA) is 29.3 Å². The van der Waals surface area contributed by atoms with Crippen molar-refractivity contribution < 1.29 is 4.39 Å². The van der Waals surface area contributed by atoms with E-state index in [1.54, 1.807) is 17.4 Å². The molecule has 20 heavy (non-hydrogen) atoms. The number of rotatable bonds is 6. The standard InChI is InChI=1S/C16H21FN2S/c1-3-12(18)10-14-15(17)7-4-8-16(14)19(2)11-13-6-5-9-20-13/h4-9,12H,3,10-11,18H2,1-2H3. The Bertz CT molecular complexity index is 539. The molecule has 1 aromatic carbocycles. The molecule has 2 N–H and O–H groups in total. The van der Waals surface area contributed by atoms with Crippen molar-refractivity contribution >= 4 is 17.0 Å². The summed E-state index contributed by atoms with van der Waals surface area (Å²) in [5, 5.41) is 2.06. The van der Waals surface area contributed by atoms with E-state index in [4.69, 9.17) is 5.73 Å². The van der Waals surface area contributed by atoms with Gasteiger partial charge >= 0.3 is 0 Å². The number of hydrogen-bond acceptors (Lipinski definition) is 3. The summed E-state index contributed by atoms with van der Waals surface area (Å²) in [6.45, 7) is 2.82. The zero-order valence-electron chi connectivity index (χ0n) is 12.0. The summed E-state index contributed by atoms with van der Waals surface area (Å²) >= 11 is 1.71. The molecule has 0 saturated carbocycles. The Morgan fingerprint density at radius 1 is 1.30 bits per heavy atom. The minimum atomic E-state index is -0.163. The van der Waals surface area contributed by atoms with Crippen molar-refractivity contribution in [1.82, 2.24) is 0 Å². The van der Waals surface area contributed by atoms with Gasteiger partial charge in [0.25, 0.3) is 0 Å². The summed E-state index contributed by atoms with van der Waals surface area (Å²) < 4.78 is 14.1. The Hall–Kier alpha value is -1.39. The van der Waals surface area contributed by atoms with E-state index >= 15 is 0 Å². The van der Waals surface area contributed by atoms with Gasteiger partial charge in [0.1, 0.15) is 5.82 Å². The maximum absolute atomic E-state index is 14.1. The van der Waals surface area contributed by atoms with Gasteiger partial charge in [0.05, 0.1) is 6.54 Å². The van der Waals surface area contributed by atoms with Crippen LogP contribution in [0.5, 0.6) is 0 Å². The number of nitrogens with zero attached hydrogens (tertiary/aromatic N) is 1. The smallest absolute Gasteiger partial charge is 0.128 e. The van der Waals surface area contributed by atoms with Crippen LogP contribution in [-0.2, 0) is 13.0 Å². The lowest BCUT2D eigenvalue weighted by Gasteiger charge is -2.23. The zero-order chi connectivity index (χ0) is 14.5. The Morgan fingerprint density at radius 3 is 2.75 bits per heavy atom. The first kappa shape index (κ1) is 15.0. The van der Waals surface area contributed by atoms with Crippen molar-refractivity contribution in [3.05, 3.63) is 52.0 Å². The number of halogens is 1. The molecule has 0 fully saturated rings. The van der Waals surface area contributed by atoms with Crippen molar-refractivity contribution in [3.8, 4) is 0 Å². The fourth-order valence-electron chi connectivity index (χ4n) is 2.23. The van der Waals surface area contributed by atoms with Gasteiger partial charge in [-0.15, -0.1) is 11.3 Å². The number of anilines is 1. The van der Waals surface area contributed by atoms with Crippen molar-refractivity contribution in [2.45, 2.75) is 32.4 Å². The number of nitrogens with two attached hydrogens (primary N) is 1. The number of hydrogen-bond donors (Lipinski definition) is 1. The molecule has 0 aliphatic heterocycles. The van der Waals surface area contributed by atoms with E-state index < -0.39 is 0 Å². The second-order valence-corrected chi connectivity index (χ2v) is 6.08. The SMILES string of the molecule is CCC(N)Cc1c(F)cccc1N(C)Cc1cccs1. The highest BCUT2D eigenvalue weighted by Gasteiger charge is 2.15. The minimum Gasteiger partial charge on any atom is -0.369 e. The molecular weight excluding hydrogens is 271 g/mol. The predicted molar refractivity (Wildman–Crippen MR) is 84.8 cm³/mol. The molecule has 0 amide bonds. The molecule has 0 radical (unpaired) electrons. The molecule has 1 aromatic heterocycles. The van der Waals surface area contributed by atoms with Crippen LogP contribution in [0, 0.1) is 5.82 Å². The second-order valence-electron chi connectivity index (χ2n) is 5.05. The maximum atomic E-state index is 14.1. The third-order valence-corrected chi connectivity index (χ3v) is 4.33. The van der Waals surface area contributed by atoms with E-state index in [0.29, 0.717) is 6.42 Å². The molecule has 0 bridgehead atoms. The van der Waals surface area contributed by atoms with Crippen LogP contribution < -0.4 is 10.6 Å². The van der Waals surface area contributed by atoms with E-state index in [1.807, 2.05) is 26.1 Å². The van der Waals surface area contributed by atoms with E-state index in [9.17, 15) is 4.39 Å². The Morgan fingerprint density at radius 2 is 2.10 bits per heavy atom. The summed E-state index contributed by atoms with van der Waals surface area (Å²) in [7, 11) is 2.00. The van der Waals surface area contributed by atoms with Crippen LogP contribution in [0.25, 0.3) is 0 Å². The van der Waals surface area contributed by atoms with Crippen molar-refractivity contribution in [2.24, 2.45) is 5.73 Å². The van der Waals surface area contributed by atoms with Crippen LogP contribution in [0.2, 0.25) is 0 Å². The molecule has 1 atom stereocenters. The quantitative estimate of drug-likeness (QED) is 0.877. The van der Waals surface area contributed by atoms with E-state index in [1.165, 1.54) is 10.9 Å². The normalized spacial score (nSPS) is 12.4. The van der Waals surface area contributed by atoms with Gasteiger partial charge in [-0.25, -0.2) is 4.39 Å². The summed E-state index contributed by atoms with van der Waals surface area (Å²) in [6.07, 6.45) is 1.43. The van der Waals surface area contributed by atoms with E-state index in [-0.39, 0.29) is 11.9 Å². The van der Waals surface area contributed by atoms with Gasteiger partial charge in [-0.1, -0.05) is 19.1 Å². The van der Waals surface area contributed by atoms with Gasteiger partial charge < -0.3 is 10.6 Å². The van der Waals surface area contributed by atoms with Crippen molar-refractivity contribution in [1.29, 1.82) is 0 Å². The molecule has 2 rings (SSSR count). The summed E-state index contributed by atoms with van der Waals surface area (Å²) in [4.78, 5) is 3.36. The second kappa shape index (κ2) is 6.86. The zero-order valence-corrected chi connectivity index (χ0v) is 12.8. The van der Waals surface area contributed by atoms with E-state index in [0.717, 1.165) is 24.2 Å². The lowest BCUT2D eigenvalue weighted by Crippen LogP contribution is -2.25. The molecule has 0 saturated heterocycles. The molecule has 1 heterocycles. The highest BCUT2D eigenvalue weighted by molar-refractivity contribution is 7.09. The highest BCUT2D eigenvalue weighted by atomic mass is 32.1. The number of benzene rings is 1. The molecule has 2 nitrogen and oxygen atoms in total. The lowest BCUT2D eigenvalue weighted by atomic mass is 10.0. The van der Waals surface area contributed by atoms with Crippen LogP contribution in [0.1, 0.15) is 23.8 Å². The molecule has 2 aromatic rings. The molecular formula is C16H21FN2S. The average molecular weight is 292 g/mol. The van der Waals surface area contributed by atoms with E-state index in [2.05, 4.69) is 16.3 Å². The largest absolute Gasteiger partial charge is 0.369 e. The van der Waals surface area contributed by atoms with Gasteiger partial charge in [-0.2, -0.15) is 0 Å². The summed E-state index contributed by atoms with van der Waals surface area (Å²) in [5.74, 6) is -0.163. The highest BCUT2D eigenvalue weighted by Crippen LogP contribution is 2.26. The molecule has 0 aliphatic rings. The van der Waals surface area contributed by atoms with Crippen LogP contribution in [0.4, 0.5) is 10.1 Å². The number of thiophene rings is 1. The summed E-state index contributed by atoms with van der Waals surface area (Å²) in [6, 6.07) is 9.37. The van der Waals surface area contributed by atoms with Crippen LogP contribution in [0.3, 0.4) is 0 Å². The fraction of sp³-hybridized carbons (Fsp3) is 0.375. The van der Waals surface area contributed by atoms with Crippen LogP contribution in [0.15, 0.2) is 35.7 Å². The molecule has 4 heteroatoms. The molecule has 0 aliphatic carbocycles. The minimum absolute atomic E-state index is 0.000729. The molecule has 108 valence electrons. The molecule has 0 spiro atoms. The Labute approximate surface area is 124 Å². The Kier molecular flexibility index (Phi) is 5.15. The van der Waals surface area contributed by atoms with Gasteiger partial charge in [0.2, 0.25) is 0 Å². The predicted octanol–water partition coefficient (Wildman–Crippen LogP) is 3.80.